The maximum Gasteiger partial charge on any atom is 0.293 e. The van der Waals surface area contributed by atoms with Crippen LogP contribution in [-0.4, -0.2) is 38.3 Å². The fourth-order valence-electron chi connectivity index (χ4n) is 1.05. The van der Waals surface area contributed by atoms with Gasteiger partial charge in [0.05, 0.1) is 0 Å². The topological polar surface area (TPSA) is 50.4 Å². The van der Waals surface area contributed by atoms with Crippen LogP contribution in [0, 0.1) is 0 Å². The van der Waals surface area contributed by atoms with E-state index in [4.69, 9.17) is 0 Å². The number of hydrogen-bond donors (Lipinski definition) is 2. The maximum atomic E-state index is 9.60. The Labute approximate surface area is 86.4 Å². The van der Waals surface area contributed by atoms with Gasteiger partial charge in [0.15, 0.2) is 0 Å². The molecule has 14 heavy (non-hydrogen) atoms. The van der Waals surface area contributed by atoms with Gasteiger partial charge in [0.25, 0.3) is 6.47 Å². The summed E-state index contributed by atoms with van der Waals surface area (Å²) in [5.74, 6) is 0. The second kappa shape index (κ2) is 6.79. The number of likely N-dealkylation sites (N-methyl/N-ethyl adjacent to an activating group) is 1. The van der Waals surface area contributed by atoms with Crippen LogP contribution in [0.15, 0.2) is 0 Å². The fraction of sp³-hybridized carbons (Fsp3) is 0.900. The Morgan fingerprint density at radius 2 is 2.14 bits per heavy atom. The van der Waals surface area contributed by atoms with Crippen molar-refractivity contribution in [2.24, 2.45) is 0 Å². The second-order valence-electron chi connectivity index (χ2n) is 4.30. The summed E-state index contributed by atoms with van der Waals surface area (Å²) >= 11 is 0. The van der Waals surface area contributed by atoms with E-state index in [1.54, 1.807) is 0 Å². The van der Waals surface area contributed by atoms with E-state index in [2.05, 4.69) is 15.4 Å². The number of carbonyl (C=O) groups excluding carboxylic acids is 1. The van der Waals surface area contributed by atoms with Crippen molar-refractivity contribution in [1.82, 2.24) is 10.6 Å². The van der Waals surface area contributed by atoms with Crippen LogP contribution >= 0.6 is 0 Å². The lowest BCUT2D eigenvalue weighted by Crippen LogP contribution is -2.26. The van der Waals surface area contributed by atoms with Crippen LogP contribution in [0.2, 0.25) is 0 Å². The lowest BCUT2D eigenvalue weighted by atomic mass is 10.2. The second-order valence-corrected chi connectivity index (χ2v) is 4.30. The van der Waals surface area contributed by atoms with Crippen molar-refractivity contribution in [3.63, 3.8) is 0 Å². The predicted octanol–water partition coefficient (Wildman–Crippen LogP) is 0.526. The highest BCUT2D eigenvalue weighted by atomic mass is 16.5. The van der Waals surface area contributed by atoms with Gasteiger partial charge in [-0.3, -0.25) is 4.79 Å². The molecule has 0 aliphatic carbocycles. The molecule has 0 aromatic rings. The molecular formula is C10H22N2O2. The van der Waals surface area contributed by atoms with Gasteiger partial charge in [-0.15, -0.1) is 0 Å². The minimum Gasteiger partial charge on any atom is -0.462 e. The molecule has 1 saturated heterocycles. The Bertz CT molecular complexity index is 149. The van der Waals surface area contributed by atoms with E-state index in [1.165, 1.54) is 13.0 Å². The minimum atomic E-state index is -0.318. The summed E-state index contributed by atoms with van der Waals surface area (Å²) < 4.78 is 4.55. The van der Waals surface area contributed by atoms with Gasteiger partial charge in [0.1, 0.15) is 5.60 Å². The summed E-state index contributed by atoms with van der Waals surface area (Å²) in [7, 11) is 2.01. The summed E-state index contributed by atoms with van der Waals surface area (Å²) in [6.07, 6.45) is 1.29. The van der Waals surface area contributed by atoms with Crippen LogP contribution in [0.25, 0.3) is 0 Å². The highest BCUT2D eigenvalue weighted by Gasteiger charge is 2.09. The van der Waals surface area contributed by atoms with E-state index < -0.39 is 0 Å². The van der Waals surface area contributed by atoms with Crippen molar-refractivity contribution in [2.45, 2.75) is 38.8 Å². The molecule has 1 heterocycles. The first-order valence-electron chi connectivity index (χ1n) is 4.99. The molecule has 0 aromatic heterocycles. The van der Waals surface area contributed by atoms with Crippen LogP contribution in [0.5, 0.6) is 0 Å². The van der Waals surface area contributed by atoms with E-state index >= 15 is 0 Å². The molecule has 1 aliphatic rings. The zero-order valence-corrected chi connectivity index (χ0v) is 9.59. The molecule has 84 valence electrons. The van der Waals surface area contributed by atoms with Crippen molar-refractivity contribution in [2.75, 3.05) is 20.1 Å². The van der Waals surface area contributed by atoms with Crippen LogP contribution < -0.4 is 10.6 Å². The average Bonchev–Trinajstić information content (AvgIpc) is 2.54. The first-order chi connectivity index (χ1) is 6.49. The van der Waals surface area contributed by atoms with E-state index in [9.17, 15) is 4.79 Å². The summed E-state index contributed by atoms with van der Waals surface area (Å²) in [6.45, 7) is 8.26. The molecule has 2 N–H and O–H groups in total. The van der Waals surface area contributed by atoms with Gasteiger partial charge in [-0.1, -0.05) is 0 Å². The lowest BCUT2D eigenvalue weighted by Gasteiger charge is -2.14. The monoisotopic (exact) mass is 202 g/mol. The smallest absolute Gasteiger partial charge is 0.293 e. The number of ether oxygens (including phenoxy) is 1. The molecule has 1 atom stereocenters. The molecule has 0 unspecified atom stereocenters. The average molecular weight is 202 g/mol. The highest BCUT2D eigenvalue weighted by molar-refractivity contribution is 5.37. The van der Waals surface area contributed by atoms with Gasteiger partial charge >= 0.3 is 0 Å². The van der Waals surface area contributed by atoms with Crippen LogP contribution in [0.3, 0.4) is 0 Å². The zero-order valence-electron chi connectivity index (χ0n) is 9.59. The van der Waals surface area contributed by atoms with E-state index in [0.29, 0.717) is 6.47 Å². The first kappa shape index (κ1) is 13.4. The molecule has 0 amide bonds. The van der Waals surface area contributed by atoms with Crippen LogP contribution in [0.1, 0.15) is 27.2 Å². The third-order valence-electron chi connectivity index (χ3n) is 1.87. The number of carbonyl (C=O) groups is 1. The van der Waals surface area contributed by atoms with Crippen molar-refractivity contribution >= 4 is 6.47 Å². The van der Waals surface area contributed by atoms with Crippen molar-refractivity contribution in [1.29, 1.82) is 0 Å². The first-order valence-corrected chi connectivity index (χ1v) is 4.99. The minimum absolute atomic E-state index is 0.318. The molecule has 4 nitrogen and oxygen atoms in total. The summed E-state index contributed by atoms with van der Waals surface area (Å²) in [4.78, 5) is 9.60. The van der Waals surface area contributed by atoms with Gasteiger partial charge in [0, 0.05) is 12.6 Å². The quantitative estimate of drug-likeness (QED) is 0.641. The Hall–Kier alpha value is -0.610. The van der Waals surface area contributed by atoms with Gasteiger partial charge < -0.3 is 15.4 Å². The molecule has 0 bridgehead atoms. The molecule has 1 rings (SSSR count). The SMILES string of the molecule is CC(C)(C)OC=O.CN[C@H]1CCNC1. The number of hydrogen-bond acceptors (Lipinski definition) is 4. The van der Waals surface area contributed by atoms with Crippen LogP contribution in [0.4, 0.5) is 0 Å². The van der Waals surface area contributed by atoms with E-state index in [1.807, 2.05) is 27.8 Å². The molecule has 0 aromatic carbocycles. The Kier molecular flexibility index (Phi) is 6.49. The third-order valence-corrected chi connectivity index (χ3v) is 1.87. The standard InChI is InChI=1S/C5H12N2.C5H10O2/c1-6-5-2-3-7-4-5;1-5(2,3)7-4-6/h5-7H,2-4H2,1H3;4H,1-3H3/t5-;/m0./s1. The Morgan fingerprint density at radius 3 is 2.29 bits per heavy atom. The molecule has 4 heteroatoms. The zero-order chi connectivity index (χ0) is 11.0. The largest absolute Gasteiger partial charge is 0.462 e. The van der Waals surface area contributed by atoms with Gasteiger partial charge in [-0.05, 0) is 40.8 Å². The maximum absolute atomic E-state index is 9.60. The molecule has 1 fully saturated rings. The predicted molar refractivity (Wildman–Crippen MR) is 57.2 cm³/mol. The molecule has 0 radical (unpaired) electrons. The lowest BCUT2D eigenvalue weighted by molar-refractivity contribution is -0.138. The normalized spacial score (nSPS) is 21.0. The van der Waals surface area contributed by atoms with E-state index in [0.717, 1.165) is 12.6 Å². The molecule has 0 saturated carbocycles. The van der Waals surface area contributed by atoms with Gasteiger partial charge in [0.2, 0.25) is 0 Å². The van der Waals surface area contributed by atoms with Gasteiger partial charge in [-0.25, -0.2) is 0 Å². The Morgan fingerprint density at radius 1 is 1.50 bits per heavy atom. The van der Waals surface area contributed by atoms with Crippen molar-refractivity contribution < 1.29 is 9.53 Å². The summed E-state index contributed by atoms with van der Waals surface area (Å²) in [6, 6.07) is 0.736. The molecular weight excluding hydrogens is 180 g/mol. The summed E-state index contributed by atoms with van der Waals surface area (Å²) in [5, 5.41) is 6.46. The fourth-order valence-corrected chi connectivity index (χ4v) is 1.05. The van der Waals surface area contributed by atoms with Crippen molar-refractivity contribution in [3.05, 3.63) is 0 Å². The van der Waals surface area contributed by atoms with E-state index in [-0.39, 0.29) is 5.60 Å². The van der Waals surface area contributed by atoms with Crippen molar-refractivity contribution in [3.8, 4) is 0 Å². The number of nitrogens with one attached hydrogen (secondary N) is 2. The number of rotatable bonds is 2. The summed E-state index contributed by atoms with van der Waals surface area (Å²) in [5.41, 5.74) is -0.318. The molecule has 0 spiro atoms. The Balaban J connectivity index is 0.000000241. The third kappa shape index (κ3) is 8.01. The van der Waals surface area contributed by atoms with Gasteiger partial charge in [-0.2, -0.15) is 0 Å². The highest BCUT2D eigenvalue weighted by Crippen LogP contribution is 2.02. The molecule has 1 aliphatic heterocycles. The van der Waals surface area contributed by atoms with Crippen LogP contribution in [-0.2, 0) is 9.53 Å².